The Morgan fingerprint density at radius 2 is 1.81 bits per heavy atom. The Bertz CT molecular complexity index is 1080. The molecular weight excluding hydrogens is 408 g/mol. The van der Waals surface area contributed by atoms with E-state index in [0.717, 1.165) is 21.3 Å². The maximum absolute atomic E-state index is 12.7. The summed E-state index contributed by atoms with van der Waals surface area (Å²) in [7, 11) is 0. The van der Waals surface area contributed by atoms with Gasteiger partial charge in [0.15, 0.2) is 0 Å². The first kappa shape index (κ1) is 18.8. The van der Waals surface area contributed by atoms with E-state index in [-0.39, 0.29) is 11.5 Å². The zero-order valence-corrected chi connectivity index (χ0v) is 16.8. The van der Waals surface area contributed by atoms with Crippen LogP contribution in [0.2, 0.25) is 0 Å². The number of aromatic nitrogens is 2. The molecule has 1 aromatic heterocycles. The third-order valence-electron chi connectivity index (χ3n) is 4.33. The summed E-state index contributed by atoms with van der Waals surface area (Å²) in [6.07, 6.45) is 1.36. The van der Waals surface area contributed by atoms with Crippen LogP contribution in [0, 0.1) is 20.8 Å². The smallest absolute Gasteiger partial charge is 0.280 e. The monoisotopic (exact) mass is 426 g/mol. The van der Waals surface area contributed by atoms with E-state index in [1.165, 1.54) is 10.9 Å². The van der Waals surface area contributed by atoms with Crippen LogP contribution in [0.5, 0.6) is 0 Å². The Kier molecular flexibility index (Phi) is 5.41. The Labute approximate surface area is 165 Å². The lowest BCUT2D eigenvalue weighted by Gasteiger charge is -2.05. The molecule has 3 aromatic rings. The van der Waals surface area contributed by atoms with Gasteiger partial charge in [0, 0.05) is 15.7 Å². The second-order valence-corrected chi connectivity index (χ2v) is 7.18. The van der Waals surface area contributed by atoms with E-state index in [9.17, 15) is 9.59 Å². The van der Waals surface area contributed by atoms with Crippen molar-refractivity contribution in [1.29, 1.82) is 0 Å². The van der Waals surface area contributed by atoms with E-state index >= 15 is 0 Å². The second kappa shape index (κ2) is 7.75. The number of aryl methyl sites for hydroxylation is 3. The van der Waals surface area contributed by atoms with Gasteiger partial charge in [-0.25, -0.2) is 10.1 Å². The number of nitrogens with one attached hydrogen (secondary N) is 2. The molecule has 138 valence electrons. The van der Waals surface area contributed by atoms with Crippen molar-refractivity contribution >= 4 is 28.1 Å². The van der Waals surface area contributed by atoms with Crippen molar-refractivity contribution in [1.82, 2.24) is 15.2 Å². The third kappa shape index (κ3) is 4.09. The Hall–Kier alpha value is -2.93. The number of hydrazone groups is 1. The Balaban J connectivity index is 1.81. The highest BCUT2D eigenvalue weighted by atomic mass is 79.9. The van der Waals surface area contributed by atoms with Gasteiger partial charge in [0.2, 0.25) is 0 Å². The molecule has 0 aliphatic rings. The van der Waals surface area contributed by atoms with Gasteiger partial charge < -0.3 is 0 Å². The van der Waals surface area contributed by atoms with Gasteiger partial charge in [-0.15, -0.1) is 0 Å². The fourth-order valence-electron chi connectivity index (χ4n) is 2.58. The second-order valence-electron chi connectivity index (χ2n) is 6.27. The van der Waals surface area contributed by atoms with Crippen LogP contribution in [0.15, 0.2) is 56.8 Å². The van der Waals surface area contributed by atoms with Gasteiger partial charge in [0.25, 0.3) is 11.5 Å². The van der Waals surface area contributed by atoms with Gasteiger partial charge in [-0.1, -0.05) is 22.0 Å². The average Bonchev–Trinajstić information content (AvgIpc) is 2.92. The number of benzene rings is 2. The Morgan fingerprint density at radius 3 is 2.48 bits per heavy atom. The molecule has 0 unspecified atom stereocenters. The molecule has 0 aliphatic carbocycles. The van der Waals surface area contributed by atoms with Crippen molar-refractivity contribution in [2.24, 2.45) is 5.10 Å². The minimum atomic E-state index is -0.346. The van der Waals surface area contributed by atoms with Gasteiger partial charge in [-0.3, -0.25) is 14.7 Å². The molecule has 3 rings (SSSR count). The van der Waals surface area contributed by atoms with E-state index in [0.29, 0.717) is 16.8 Å². The van der Waals surface area contributed by atoms with Crippen molar-refractivity contribution in [2.75, 3.05) is 0 Å². The van der Waals surface area contributed by atoms with Gasteiger partial charge in [-0.05, 0) is 68.3 Å². The lowest BCUT2D eigenvalue weighted by Crippen LogP contribution is -2.20. The first-order valence-electron chi connectivity index (χ1n) is 8.35. The van der Waals surface area contributed by atoms with E-state index in [2.05, 4.69) is 31.6 Å². The van der Waals surface area contributed by atoms with Crippen LogP contribution in [-0.4, -0.2) is 21.9 Å². The Morgan fingerprint density at radius 1 is 1.11 bits per heavy atom. The summed E-state index contributed by atoms with van der Waals surface area (Å²) in [6, 6.07) is 12.7. The number of amides is 1. The third-order valence-corrected chi connectivity index (χ3v) is 4.86. The molecule has 27 heavy (non-hydrogen) atoms. The number of hydrogen-bond acceptors (Lipinski definition) is 3. The van der Waals surface area contributed by atoms with Crippen LogP contribution in [0.4, 0.5) is 0 Å². The quantitative estimate of drug-likeness (QED) is 0.493. The maximum atomic E-state index is 12.7. The van der Waals surface area contributed by atoms with E-state index in [4.69, 9.17) is 0 Å². The highest BCUT2D eigenvalue weighted by Crippen LogP contribution is 2.13. The molecule has 1 amide bonds. The molecule has 2 N–H and O–H groups in total. The minimum absolute atomic E-state index is 0.225. The molecule has 0 spiro atoms. The van der Waals surface area contributed by atoms with Crippen LogP contribution in [0.25, 0.3) is 5.69 Å². The first-order valence-corrected chi connectivity index (χ1v) is 9.14. The molecule has 1 heterocycles. The summed E-state index contributed by atoms with van der Waals surface area (Å²) < 4.78 is 2.36. The molecule has 0 bridgehead atoms. The number of hydrogen-bond donors (Lipinski definition) is 2. The number of carbonyl (C=O) groups excluding carboxylic acids is 1. The van der Waals surface area contributed by atoms with Crippen LogP contribution >= 0.6 is 15.9 Å². The van der Waals surface area contributed by atoms with E-state index < -0.39 is 0 Å². The van der Waals surface area contributed by atoms with E-state index in [1.54, 1.807) is 31.2 Å². The molecule has 0 saturated carbocycles. The van der Waals surface area contributed by atoms with Gasteiger partial charge in [-0.2, -0.15) is 5.10 Å². The van der Waals surface area contributed by atoms with Crippen molar-refractivity contribution in [3.05, 3.63) is 85.2 Å². The molecule has 2 aromatic carbocycles. The molecule has 0 aliphatic heterocycles. The van der Waals surface area contributed by atoms with Crippen LogP contribution < -0.4 is 11.0 Å². The number of nitrogens with zero attached hydrogens (tertiary/aromatic N) is 2. The highest BCUT2D eigenvalue weighted by molar-refractivity contribution is 9.10. The molecule has 7 heteroatoms. The van der Waals surface area contributed by atoms with Gasteiger partial charge >= 0.3 is 0 Å². The van der Waals surface area contributed by atoms with Crippen LogP contribution in [0.1, 0.15) is 32.7 Å². The molecule has 0 saturated heterocycles. The van der Waals surface area contributed by atoms with Gasteiger partial charge in [0.1, 0.15) is 0 Å². The number of carbonyl (C=O) groups is 1. The van der Waals surface area contributed by atoms with Crippen LogP contribution in [0.3, 0.4) is 0 Å². The van der Waals surface area contributed by atoms with Crippen molar-refractivity contribution in [3.63, 3.8) is 0 Å². The molecular formula is C20H19BrN4O2. The van der Waals surface area contributed by atoms with E-state index in [1.807, 2.05) is 32.0 Å². The fourth-order valence-corrected chi connectivity index (χ4v) is 2.84. The average molecular weight is 427 g/mol. The number of H-pyrrole nitrogens is 1. The lowest BCUT2D eigenvalue weighted by molar-refractivity contribution is 0.0955. The highest BCUT2D eigenvalue weighted by Gasteiger charge is 2.11. The van der Waals surface area contributed by atoms with Crippen LogP contribution in [-0.2, 0) is 0 Å². The maximum Gasteiger partial charge on any atom is 0.280 e. The SMILES string of the molecule is Cc1ccc(-n2[nH]c(C)c(/C=N\NC(=O)c3ccc(Br)cc3)c2=O)cc1C. The zero-order chi connectivity index (χ0) is 19.6. The summed E-state index contributed by atoms with van der Waals surface area (Å²) in [5, 5.41) is 6.98. The first-order chi connectivity index (χ1) is 12.9. The zero-order valence-electron chi connectivity index (χ0n) is 15.2. The fraction of sp³-hybridized carbons (Fsp3) is 0.150. The minimum Gasteiger partial charge on any atom is -0.295 e. The number of rotatable bonds is 4. The summed E-state index contributed by atoms with van der Waals surface area (Å²) in [5.41, 5.74) is 6.77. The normalized spacial score (nSPS) is 11.1. The summed E-state index contributed by atoms with van der Waals surface area (Å²) in [5.74, 6) is -0.346. The molecule has 6 nitrogen and oxygen atoms in total. The van der Waals surface area contributed by atoms with Crippen molar-refractivity contribution < 1.29 is 4.79 Å². The number of aromatic amines is 1. The largest absolute Gasteiger partial charge is 0.295 e. The number of halogens is 1. The summed E-state index contributed by atoms with van der Waals surface area (Å²) >= 11 is 3.32. The predicted molar refractivity (Wildman–Crippen MR) is 110 cm³/mol. The van der Waals surface area contributed by atoms with Crippen molar-refractivity contribution in [3.8, 4) is 5.69 Å². The van der Waals surface area contributed by atoms with Gasteiger partial charge in [0.05, 0.1) is 17.5 Å². The molecule has 0 atom stereocenters. The topological polar surface area (TPSA) is 79.2 Å². The molecule has 0 fully saturated rings. The standard InChI is InChI=1S/C20H19BrN4O2/c1-12-4-9-17(10-13(12)2)25-20(27)18(14(3)24-25)11-22-23-19(26)15-5-7-16(21)8-6-15/h4-11,24H,1-3H3,(H,23,26)/b22-11-. The summed E-state index contributed by atoms with van der Waals surface area (Å²) in [4.78, 5) is 24.8. The van der Waals surface area contributed by atoms with Crippen molar-refractivity contribution in [2.45, 2.75) is 20.8 Å². The molecule has 0 radical (unpaired) electrons. The predicted octanol–water partition coefficient (Wildman–Crippen LogP) is 3.62. The lowest BCUT2D eigenvalue weighted by atomic mass is 10.1. The summed E-state index contributed by atoms with van der Waals surface area (Å²) in [6.45, 7) is 5.81.